The van der Waals surface area contributed by atoms with E-state index in [0.717, 1.165) is 23.8 Å². The molecule has 3 heterocycles. The van der Waals surface area contributed by atoms with Crippen molar-refractivity contribution in [1.29, 1.82) is 0 Å². The van der Waals surface area contributed by atoms with E-state index in [9.17, 15) is 23.5 Å². The molecule has 1 fully saturated rings. The molecular weight excluding hydrogens is 526 g/mol. The number of anilines is 1. The van der Waals surface area contributed by atoms with Gasteiger partial charge in [0.2, 0.25) is 12.7 Å². The highest BCUT2D eigenvalue weighted by molar-refractivity contribution is 6.04. The number of benzene rings is 3. The van der Waals surface area contributed by atoms with Gasteiger partial charge in [-0.05, 0) is 61.0 Å². The van der Waals surface area contributed by atoms with Gasteiger partial charge in [-0.2, -0.15) is 0 Å². The smallest absolute Gasteiger partial charge is 0.255 e. The van der Waals surface area contributed by atoms with Crippen molar-refractivity contribution in [3.05, 3.63) is 82.9 Å². The van der Waals surface area contributed by atoms with Crippen LogP contribution in [0.25, 0.3) is 0 Å². The SMILES string of the molecule is O=C(C[C@H]1C[C@@H]2c3cc(NC(=O)c4ccc5c(c4)OCO5)ccc3O[C@@H]2[C@@H](CO)O1)NCc1cc(F)ccc1F. The summed E-state index contributed by atoms with van der Waals surface area (Å²) >= 11 is 0. The summed E-state index contributed by atoms with van der Waals surface area (Å²) in [7, 11) is 0. The number of carbonyl (C=O) groups excluding carboxylic acids is 2. The number of amides is 2. The molecule has 40 heavy (non-hydrogen) atoms. The first kappa shape index (κ1) is 26.0. The number of fused-ring (bicyclic) bond motifs is 4. The Hall–Kier alpha value is -4.22. The zero-order valence-electron chi connectivity index (χ0n) is 21.2. The van der Waals surface area contributed by atoms with Crippen LogP contribution in [0.2, 0.25) is 0 Å². The largest absolute Gasteiger partial charge is 0.487 e. The van der Waals surface area contributed by atoms with E-state index in [-0.39, 0.29) is 43.8 Å². The molecule has 4 atom stereocenters. The maximum atomic E-state index is 13.9. The Morgan fingerprint density at radius 1 is 0.975 bits per heavy atom. The van der Waals surface area contributed by atoms with Crippen LogP contribution in [0, 0.1) is 11.6 Å². The summed E-state index contributed by atoms with van der Waals surface area (Å²) in [4.78, 5) is 25.5. The lowest BCUT2D eigenvalue weighted by Gasteiger charge is -2.37. The van der Waals surface area contributed by atoms with Gasteiger partial charge in [0.05, 0.1) is 19.1 Å². The molecule has 3 aromatic rings. The molecule has 0 aromatic heterocycles. The van der Waals surface area contributed by atoms with Crippen LogP contribution in [0.4, 0.5) is 14.5 Å². The monoisotopic (exact) mass is 552 g/mol. The summed E-state index contributed by atoms with van der Waals surface area (Å²) in [6.45, 7) is -0.362. The highest BCUT2D eigenvalue weighted by Crippen LogP contribution is 2.47. The lowest BCUT2D eigenvalue weighted by Crippen LogP contribution is -2.47. The van der Waals surface area contributed by atoms with Crippen LogP contribution in [-0.2, 0) is 16.1 Å². The summed E-state index contributed by atoms with van der Waals surface area (Å²) in [5, 5.41) is 15.5. The van der Waals surface area contributed by atoms with Crippen LogP contribution in [0.1, 0.15) is 40.2 Å². The molecule has 0 saturated carbocycles. The van der Waals surface area contributed by atoms with Gasteiger partial charge in [-0.15, -0.1) is 0 Å². The third-order valence-electron chi connectivity index (χ3n) is 7.29. The molecule has 0 unspecified atom stereocenters. The van der Waals surface area contributed by atoms with E-state index in [1.54, 1.807) is 30.3 Å². The Morgan fingerprint density at radius 3 is 2.65 bits per heavy atom. The average Bonchev–Trinajstić information content (AvgIpc) is 3.57. The minimum atomic E-state index is -0.670. The zero-order chi connectivity index (χ0) is 27.8. The number of aliphatic hydroxyl groups excluding tert-OH is 1. The van der Waals surface area contributed by atoms with Gasteiger partial charge in [-0.25, -0.2) is 8.78 Å². The first-order chi connectivity index (χ1) is 19.4. The molecule has 0 spiro atoms. The number of carbonyl (C=O) groups is 2. The quantitative estimate of drug-likeness (QED) is 0.410. The Labute approximate surface area is 228 Å². The molecule has 3 aliphatic rings. The lowest BCUT2D eigenvalue weighted by atomic mass is 9.84. The average molecular weight is 553 g/mol. The molecule has 0 aliphatic carbocycles. The summed E-state index contributed by atoms with van der Waals surface area (Å²) in [6, 6.07) is 13.3. The minimum Gasteiger partial charge on any atom is -0.487 e. The van der Waals surface area contributed by atoms with Crippen LogP contribution < -0.4 is 24.8 Å². The van der Waals surface area contributed by atoms with Gasteiger partial charge in [-0.3, -0.25) is 9.59 Å². The Kier molecular flexibility index (Phi) is 6.99. The van der Waals surface area contributed by atoms with Crippen molar-refractivity contribution in [3.63, 3.8) is 0 Å². The lowest BCUT2D eigenvalue weighted by molar-refractivity contribution is -0.142. The van der Waals surface area contributed by atoms with E-state index in [1.807, 2.05) is 6.07 Å². The first-order valence-corrected chi connectivity index (χ1v) is 12.9. The van der Waals surface area contributed by atoms with Gasteiger partial charge in [0.1, 0.15) is 29.6 Å². The van der Waals surface area contributed by atoms with Crippen molar-refractivity contribution < 1.29 is 42.4 Å². The molecule has 11 heteroatoms. The summed E-state index contributed by atoms with van der Waals surface area (Å²) in [5.41, 5.74) is 1.85. The molecule has 208 valence electrons. The van der Waals surface area contributed by atoms with Crippen molar-refractivity contribution >= 4 is 17.5 Å². The Morgan fingerprint density at radius 2 is 1.80 bits per heavy atom. The van der Waals surface area contributed by atoms with Crippen molar-refractivity contribution in [2.45, 2.75) is 43.6 Å². The second-order valence-electron chi connectivity index (χ2n) is 9.90. The number of aliphatic hydroxyl groups is 1. The van der Waals surface area contributed by atoms with E-state index in [1.165, 1.54) is 0 Å². The predicted molar refractivity (Wildman–Crippen MR) is 137 cm³/mol. The zero-order valence-corrected chi connectivity index (χ0v) is 21.2. The number of hydrogen-bond acceptors (Lipinski definition) is 7. The van der Waals surface area contributed by atoms with Gasteiger partial charge in [-0.1, -0.05) is 0 Å². The fourth-order valence-electron chi connectivity index (χ4n) is 5.36. The van der Waals surface area contributed by atoms with Gasteiger partial charge in [0, 0.05) is 34.8 Å². The molecule has 3 aromatic carbocycles. The summed E-state index contributed by atoms with van der Waals surface area (Å²) < 4.78 is 50.0. The van der Waals surface area contributed by atoms with E-state index >= 15 is 0 Å². The maximum Gasteiger partial charge on any atom is 0.255 e. The Balaban J connectivity index is 1.13. The predicted octanol–water partition coefficient (Wildman–Crippen LogP) is 3.65. The van der Waals surface area contributed by atoms with Gasteiger partial charge in [0.25, 0.3) is 5.91 Å². The number of rotatable bonds is 7. The number of halogens is 2. The molecule has 2 amide bonds. The van der Waals surface area contributed by atoms with Crippen LogP contribution in [0.15, 0.2) is 54.6 Å². The summed E-state index contributed by atoms with van der Waals surface area (Å²) in [6.07, 6.45) is -1.28. The molecule has 3 N–H and O–H groups in total. The normalized spacial score (nSPS) is 22.2. The second kappa shape index (κ2) is 10.7. The topological polar surface area (TPSA) is 115 Å². The van der Waals surface area contributed by atoms with Gasteiger partial charge < -0.3 is 34.7 Å². The van der Waals surface area contributed by atoms with Crippen LogP contribution in [-0.4, -0.2) is 48.6 Å². The Bertz CT molecular complexity index is 1470. The van der Waals surface area contributed by atoms with E-state index in [2.05, 4.69) is 10.6 Å². The first-order valence-electron chi connectivity index (χ1n) is 12.9. The number of ether oxygens (including phenoxy) is 4. The van der Waals surface area contributed by atoms with Crippen molar-refractivity contribution in [1.82, 2.24) is 5.32 Å². The third kappa shape index (κ3) is 5.17. The van der Waals surface area contributed by atoms with E-state index in [0.29, 0.717) is 34.9 Å². The highest BCUT2D eigenvalue weighted by Gasteiger charge is 2.46. The van der Waals surface area contributed by atoms with Crippen LogP contribution >= 0.6 is 0 Å². The minimum absolute atomic E-state index is 0.0352. The second-order valence-corrected chi connectivity index (χ2v) is 9.90. The van der Waals surface area contributed by atoms with Gasteiger partial charge >= 0.3 is 0 Å². The van der Waals surface area contributed by atoms with Gasteiger partial charge in [0.15, 0.2) is 11.5 Å². The number of hydrogen-bond donors (Lipinski definition) is 3. The van der Waals surface area contributed by atoms with E-state index < -0.39 is 35.9 Å². The fourth-order valence-corrected chi connectivity index (χ4v) is 5.36. The molecule has 1 saturated heterocycles. The molecule has 0 bridgehead atoms. The maximum absolute atomic E-state index is 13.9. The highest BCUT2D eigenvalue weighted by atomic mass is 19.1. The fraction of sp³-hybridized carbons (Fsp3) is 0.310. The van der Waals surface area contributed by atoms with Crippen molar-refractivity contribution in [2.75, 3.05) is 18.7 Å². The van der Waals surface area contributed by atoms with Crippen LogP contribution in [0.3, 0.4) is 0 Å². The van der Waals surface area contributed by atoms with Crippen LogP contribution in [0.5, 0.6) is 17.2 Å². The standard InChI is InChI=1S/C29H26F2N2O7/c30-17-2-4-22(31)16(7-17)12-32-27(35)11-19-10-21-20-9-18(3-6-23(20)40-28(21)26(13-34)39-19)33-29(36)15-1-5-24-25(8-15)38-14-37-24/h1-9,19,21,26,28,34H,10-14H2,(H,32,35)(H,33,36)/t19-,21-,26-,28+/m1/s1. The summed E-state index contributed by atoms with van der Waals surface area (Å²) in [5.74, 6) is -0.410. The molecule has 6 rings (SSSR count). The number of nitrogens with one attached hydrogen (secondary N) is 2. The molecule has 0 radical (unpaired) electrons. The molecule has 3 aliphatic heterocycles. The molecule has 9 nitrogen and oxygen atoms in total. The van der Waals surface area contributed by atoms with Crippen molar-refractivity contribution in [3.8, 4) is 17.2 Å². The van der Waals surface area contributed by atoms with Crippen molar-refractivity contribution in [2.24, 2.45) is 0 Å². The third-order valence-corrected chi connectivity index (χ3v) is 7.29. The van der Waals surface area contributed by atoms with E-state index in [4.69, 9.17) is 18.9 Å². The molecular formula is C29H26F2N2O7.